The molecule has 0 aliphatic carbocycles. The van der Waals surface area contributed by atoms with E-state index in [2.05, 4.69) is 20.2 Å². The number of imidazole rings is 1. The molecule has 1 aromatic heterocycles. The molecule has 0 spiro atoms. The molecule has 1 aliphatic heterocycles. The summed E-state index contributed by atoms with van der Waals surface area (Å²) < 4.78 is 0. The van der Waals surface area contributed by atoms with Gasteiger partial charge in [0.25, 0.3) is 5.91 Å². The summed E-state index contributed by atoms with van der Waals surface area (Å²) in [6, 6.07) is 0. The van der Waals surface area contributed by atoms with Crippen LogP contribution in [0.2, 0.25) is 0 Å². The molecule has 18 heavy (non-hydrogen) atoms. The van der Waals surface area contributed by atoms with Gasteiger partial charge in [-0.15, -0.1) is 0 Å². The number of hydrogen-bond donors (Lipinski definition) is 2. The first-order valence-electron chi connectivity index (χ1n) is 6.78. The van der Waals surface area contributed by atoms with Crippen LogP contribution in [0.5, 0.6) is 0 Å². The normalized spacial score (nSPS) is 16.1. The van der Waals surface area contributed by atoms with Crippen molar-refractivity contribution in [2.75, 3.05) is 26.2 Å². The van der Waals surface area contributed by atoms with E-state index in [0.717, 1.165) is 25.2 Å². The van der Waals surface area contributed by atoms with Crippen molar-refractivity contribution in [2.45, 2.75) is 32.6 Å². The number of nitrogens with one attached hydrogen (secondary N) is 2. The Labute approximate surface area is 108 Å². The second-order valence-electron chi connectivity index (χ2n) is 4.89. The van der Waals surface area contributed by atoms with Crippen molar-refractivity contribution >= 4 is 5.91 Å². The molecule has 0 radical (unpaired) electrons. The van der Waals surface area contributed by atoms with Gasteiger partial charge in [0.15, 0.2) is 0 Å². The number of amides is 1. The Balaban J connectivity index is 1.56. The van der Waals surface area contributed by atoms with Gasteiger partial charge in [-0.25, -0.2) is 4.98 Å². The number of carbonyl (C=O) groups excluding carboxylic acids is 1. The minimum atomic E-state index is -0.0585. The van der Waals surface area contributed by atoms with Crippen LogP contribution < -0.4 is 5.32 Å². The van der Waals surface area contributed by atoms with Crippen LogP contribution in [0.25, 0.3) is 0 Å². The highest BCUT2D eigenvalue weighted by Gasteiger charge is 2.10. The van der Waals surface area contributed by atoms with E-state index in [4.69, 9.17) is 0 Å². The highest BCUT2D eigenvalue weighted by Crippen LogP contribution is 2.07. The zero-order valence-electron chi connectivity index (χ0n) is 11.0. The van der Waals surface area contributed by atoms with Crippen LogP contribution in [0.1, 0.15) is 42.0 Å². The van der Waals surface area contributed by atoms with Crippen molar-refractivity contribution in [2.24, 2.45) is 0 Å². The van der Waals surface area contributed by atoms with Crippen molar-refractivity contribution < 1.29 is 4.79 Å². The Morgan fingerprint density at radius 1 is 1.44 bits per heavy atom. The number of rotatable bonds is 6. The molecule has 2 rings (SSSR count). The number of nitrogens with zero attached hydrogens (tertiary/aromatic N) is 2. The van der Waals surface area contributed by atoms with Crippen LogP contribution in [-0.2, 0) is 0 Å². The van der Waals surface area contributed by atoms with Crippen LogP contribution in [-0.4, -0.2) is 47.0 Å². The fourth-order valence-corrected chi connectivity index (χ4v) is 2.30. The van der Waals surface area contributed by atoms with Crippen molar-refractivity contribution in [3.05, 3.63) is 17.7 Å². The summed E-state index contributed by atoms with van der Waals surface area (Å²) in [5.41, 5.74) is 0.548. The number of likely N-dealkylation sites (tertiary alicyclic amines) is 1. The smallest absolute Gasteiger partial charge is 0.269 e. The molecule has 1 amide bonds. The van der Waals surface area contributed by atoms with Crippen molar-refractivity contribution in [1.29, 1.82) is 0 Å². The summed E-state index contributed by atoms with van der Waals surface area (Å²) in [7, 11) is 0. The van der Waals surface area contributed by atoms with E-state index >= 15 is 0 Å². The van der Waals surface area contributed by atoms with E-state index in [1.807, 2.05) is 6.92 Å². The molecule has 0 atom stereocenters. The summed E-state index contributed by atoms with van der Waals surface area (Å²) in [6.07, 6.45) is 6.46. The van der Waals surface area contributed by atoms with Gasteiger partial charge < -0.3 is 15.2 Å². The molecule has 5 heteroatoms. The molecule has 0 bridgehead atoms. The van der Waals surface area contributed by atoms with Gasteiger partial charge in [0, 0.05) is 6.54 Å². The van der Waals surface area contributed by atoms with Gasteiger partial charge >= 0.3 is 0 Å². The Hall–Kier alpha value is -1.36. The zero-order chi connectivity index (χ0) is 12.8. The summed E-state index contributed by atoms with van der Waals surface area (Å²) in [4.78, 5) is 21.1. The standard InChI is InChI=1S/C13H22N4O/c1-11-15-10-12(16-11)13(18)14-6-2-3-7-17-8-4-5-9-17/h10H,2-9H2,1H3,(H,14,18)(H,15,16). The second-order valence-corrected chi connectivity index (χ2v) is 4.89. The third-order valence-corrected chi connectivity index (χ3v) is 3.33. The topological polar surface area (TPSA) is 61.0 Å². The largest absolute Gasteiger partial charge is 0.351 e. The number of carbonyl (C=O) groups is 1. The Kier molecular flexibility index (Phi) is 4.75. The highest BCUT2D eigenvalue weighted by atomic mass is 16.1. The summed E-state index contributed by atoms with van der Waals surface area (Å²) >= 11 is 0. The molecule has 1 saturated heterocycles. The first-order valence-corrected chi connectivity index (χ1v) is 6.78. The van der Waals surface area contributed by atoms with E-state index < -0.39 is 0 Å². The lowest BCUT2D eigenvalue weighted by Crippen LogP contribution is -2.26. The minimum Gasteiger partial charge on any atom is -0.351 e. The zero-order valence-corrected chi connectivity index (χ0v) is 11.0. The summed E-state index contributed by atoms with van der Waals surface area (Å²) in [5, 5.41) is 2.91. The Morgan fingerprint density at radius 2 is 2.22 bits per heavy atom. The fourth-order valence-electron chi connectivity index (χ4n) is 2.30. The van der Waals surface area contributed by atoms with Gasteiger partial charge in [0.2, 0.25) is 0 Å². The predicted octanol–water partition coefficient (Wildman–Crippen LogP) is 1.32. The third-order valence-electron chi connectivity index (χ3n) is 3.33. The summed E-state index contributed by atoms with van der Waals surface area (Å²) in [6.45, 7) is 6.25. The van der Waals surface area contributed by atoms with Gasteiger partial charge in [-0.1, -0.05) is 0 Å². The van der Waals surface area contributed by atoms with E-state index in [9.17, 15) is 4.79 Å². The van der Waals surface area contributed by atoms with Crippen LogP contribution in [0.15, 0.2) is 6.20 Å². The lowest BCUT2D eigenvalue weighted by molar-refractivity contribution is 0.0948. The SMILES string of the molecule is Cc1ncc(C(=O)NCCCCN2CCCC2)[nH]1. The van der Waals surface area contributed by atoms with Gasteiger partial charge in [0.05, 0.1) is 6.20 Å². The maximum Gasteiger partial charge on any atom is 0.269 e. The average Bonchev–Trinajstić information content (AvgIpc) is 2.99. The van der Waals surface area contributed by atoms with Gasteiger partial charge in [0.1, 0.15) is 11.5 Å². The van der Waals surface area contributed by atoms with E-state index in [-0.39, 0.29) is 5.91 Å². The van der Waals surface area contributed by atoms with E-state index in [1.165, 1.54) is 32.5 Å². The van der Waals surface area contributed by atoms with Crippen LogP contribution in [0, 0.1) is 6.92 Å². The molecule has 1 aliphatic rings. The number of aromatic amines is 1. The molecule has 0 aromatic carbocycles. The lowest BCUT2D eigenvalue weighted by Gasteiger charge is -2.13. The molecule has 2 heterocycles. The molecule has 2 N–H and O–H groups in total. The van der Waals surface area contributed by atoms with Crippen molar-refractivity contribution in [3.63, 3.8) is 0 Å². The average molecular weight is 250 g/mol. The molecule has 5 nitrogen and oxygen atoms in total. The van der Waals surface area contributed by atoms with Crippen molar-refractivity contribution in [3.8, 4) is 0 Å². The third kappa shape index (κ3) is 3.84. The predicted molar refractivity (Wildman–Crippen MR) is 70.6 cm³/mol. The fraction of sp³-hybridized carbons (Fsp3) is 0.692. The van der Waals surface area contributed by atoms with Gasteiger partial charge in [-0.05, 0) is 52.2 Å². The first-order chi connectivity index (χ1) is 8.75. The minimum absolute atomic E-state index is 0.0585. The van der Waals surface area contributed by atoms with Crippen LogP contribution >= 0.6 is 0 Å². The molecule has 1 aromatic rings. The van der Waals surface area contributed by atoms with Crippen LogP contribution in [0.4, 0.5) is 0 Å². The molecule has 1 fully saturated rings. The van der Waals surface area contributed by atoms with Crippen LogP contribution in [0.3, 0.4) is 0 Å². The van der Waals surface area contributed by atoms with Gasteiger partial charge in [-0.2, -0.15) is 0 Å². The lowest BCUT2D eigenvalue weighted by atomic mass is 10.3. The van der Waals surface area contributed by atoms with Crippen molar-refractivity contribution in [1.82, 2.24) is 20.2 Å². The number of hydrogen-bond acceptors (Lipinski definition) is 3. The Bertz CT molecular complexity index is 382. The monoisotopic (exact) mass is 250 g/mol. The number of aryl methyl sites for hydroxylation is 1. The highest BCUT2D eigenvalue weighted by molar-refractivity contribution is 5.92. The van der Waals surface area contributed by atoms with Gasteiger partial charge in [-0.3, -0.25) is 4.79 Å². The molecule has 0 saturated carbocycles. The second kappa shape index (κ2) is 6.54. The molecular formula is C13H22N4O. The summed E-state index contributed by atoms with van der Waals surface area (Å²) in [5.74, 6) is 0.714. The quantitative estimate of drug-likeness (QED) is 0.749. The molecule has 0 unspecified atom stereocenters. The number of H-pyrrole nitrogens is 1. The Morgan fingerprint density at radius 3 is 2.89 bits per heavy atom. The first kappa shape index (κ1) is 13.1. The van der Waals surface area contributed by atoms with E-state index in [0.29, 0.717) is 5.69 Å². The maximum absolute atomic E-state index is 11.7. The number of unbranched alkanes of at least 4 members (excludes halogenated alkanes) is 1. The molecular weight excluding hydrogens is 228 g/mol. The molecule has 100 valence electrons. The number of aromatic nitrogens is 2. The van der Waals surface area contributed by atoms with E-state index in [1.54, 1.807) is 6.20 Å². The maximum atomic E-state index is 11.7.